The Hall–Kier alpha value is -1.39. The maximum atomic E-state index is 12.1. The second-order valence-corrected chi connectivity index (χ2v) is 6.16. The summed E-state index contributed by atoms with van der Waals surface area (Å²) in [7, 11) is 0. The van der Waals surface area contributed by atoms with E-state index in [9.17, 15) is 9.90 Å². The van der Waals surface area contributed by atoms with Crippen LogP contribution in [0.5, 0.6) is 0 Å². The number of anilines is 1. The first-order valence-corrected chi connectivity index (χ1v) is 7.18. The third-order valence-electron chi connectivity index (χ3n) is 3.91. The van der Waals surface area contributed by atoms with Crippen LogP contribution >= 0.6 is 0 Å². The lowest BCUT2D eigenvalue weighted by atomic mass is 9.95. The van der Waals surface area contributed by atoms with Gasteiger partial charge in [0.05, 0.1) is 12.1 Å². The number of hydrogen-bond donors (Lipinski definition) is 2. The molecule has 1 fully saturated rings. The molecule has 0 bridgehead atoms. The molecule has 2 N–H and O–H groups in total. The third kappa shape index (κ3) is 4.05. The van der Waals surface area contributed by atoms with Gasteiger partial charge < -0.3 is 10.4 Å². The first-order valence-electron chi connectivity index (χ1n) is 7.18. The number of rotatable bonds is 3. The van der Waals surface area contributed by atoms with Gasteiger partial charge in [0.15, 0.2) is 0 Å². The first-order chi connectivity index (χ1) is 9.35. The summed E-state index contributed by atoms with van der Waals surface area (Å²) < 4.78 is 0. The SMILES string of the molecule is Cc1ccc(NC(=O)CN2CCCC(C)(O)C2)cc1C. The van der Waals surface area contributed by atoms with Gasteiger partial charge in [0, 0.05) is 12.2 Å². The maximum absolute atomic E-state index is 12.1. The smallest absolute Gasteiger partial charge is 0.238 e. The molecule has 1 amide bonds. The number of carbonyl (C=O) groups is 1. The van der Waals surface area contributed by atoms with Crippen LogP contribution in [0.15, 0.2) is 18.2 Å². The number of nitrogens with one attached hydrogen (secondary N) is 1. The van der Waals surface area contributed by atoms with E-state index >= 15 is 0 Å². The molecule has 1 saturated heterocycles. The maximum Gasteiger partial charge on any atom is 0.238 e. The van der Waals surface area contributed by atoms with E-state index in [0.29, 0.717) is 13.1 Å². The summed E-state index contributed by atoms with van der Waals surface area (Å²) in [6.45, 7) is 7.69. The topological polar surface area (TPSA) is 52.6 Å². The molecule has 1 heterocycles. The van der Waals surface area contributed by atoms with Gasteiger partial charge in [0.25, 0.3) is 0 Å². The van der Waals surface area contributed by atoms with Gasteiger partial charge in [-0.1, -0.05) is 6.07 Å². The largest absolute Gasteiger partial charge is 0.389 e. The Bertz CT molecular complexity index is 497. The molecule has 20 heavy (non-hydrogen) atoms. The summed E-state index contributed by atoms with van der Waals surface area (Å²) in [6.07, 6.45) is 1.74. The van der Waals surface area contributed by atoms with Crippen molar-refractivity contribution in [3.05, 3.63) is 29.3 Å². The molecule has 110 valence electrons. The van der Waals surface area contributed by atoms with E-state index in [1.807, 2.05) is 36.9 Å². The average molecular weight is 276 g/mol. The highest BCUT2D eigenvalue weighted by Gasteiger charge is 2.29. The quantitative estimate of drug-likeness (QED) is 0.889. The molecule has 0 aromatic heterocycles. The van der Waals surface area contributed by atoms with Crippen molar-refractivity contribution in [3.63, 3.8) is 0 Å². The minimum atomic E-state index is -0.668. The van der Waals surface area contributed by atoms with E-state index in [1.54, 1.807) is 0 Å². The summed E-state index contributed by atoms with van der Waals surface area (Å²) in [5.74, 6) is -0.0223. The Balaban J connectivity index is 1.90. The number of benzene rings is 1. The van der Waals surface area contributed by atoms with Crippen LogP contribution in [0.3, 0.4) is 0 Å². The number of aryl methyl sites for hydroxylation is 2. The molecule has 1 aromatic rings. The zero-order valence-corrected chi connectivity index (χ0v) is 12.6. The predicted octanol–water partition coefficient (Wildman–Crippen LogP) is 2.09. The molecule has 0 aliphatic carbocycles. The summed E-state index contributed by atoms with van der Waals surface area (Å²) in [5.41, 5.74) is 2.56. The summed E-state index contributed by atoms with van der Waals surface area (Å²) in [5, 5.41) is 13.0. The van der Waals surface area contributed by atoms with Crippen molar-refractivity contribution >= 4 is 11.6 Å². The van der Waals surface area contributed by atoms with Gasteiger partial charge in [-0.05, 0) is 63.4 Å². The lowest BCUT2D eigenvalue weighted by molar-refractivity contribution is -0.118. The van der Waals surface area contributed by atoms with Gasteiger partial charge in [-0.25, -0.2) is 0 Å². The van der Waals surface area contributed by atoms with Gasteiger partial charge >= 0.3 is 0 Å². The lowest BCUT2D eigenvalue weighted by Crippen LogP contribution is -2.48. The van der Waals surface area contributed by atoms with Crippen molar-refractivity contribution in [1.29, 1.82) is 0 Å². The van der Waals surface area contributed by atoms with E-state index in [1.165, 1.54) is 11.1 Å². The fourth-order valence-electron chi connectivity index (χ4n) is 2.68. The minimum absolute atomic E-state index is 0.0223. The highest BCUT2D eigenvalue weighted by molar-refractivity contribution is 5.92. The monoisotopic (exact) mass is 276 g/mol. The predicted molar refractivity (Wildman–Crippen MR) is 80.8 cm³/mol. The van der Waals surface area contributed by atoms with E-state index in [2.05, 4.69) is 12.2 Å². The second-order valence-electron chi connectivity index (χ2n) is 6.16. The second kappa shape index (κ2) is 5.94. The highest BCUT2D eigenvalue weighted by Crippen LogP contribution is 2.20. The van der Waals surface area contributed by atoms with Crippen molar-refractivity contribution in [2.24, 2.45) is 0 Å². The van der Waals surface area contributed by atoms with E-state index in [-0.39, 0.29) is 5.91 Å². The van der Waals surface area contributed by atoms with E-state index < -0.39 is 5.60 Å². The number of carbonyl (C=O) groups excluding carboxylic acids is 1. The zero-order chi connectivity index (χ0) is 14.8. The average Bonchev–Trinajstić information content (AvgIpc) is 2.32. The van der Waals surface area contributed by atoms with Gasteiger partial charge in [0.2, 0.25) is 5.91 Å². The molecule has 0 saturated carbocycles. The van der Waals surface area contributed by atoms with Crippen molar-refractivity contribution in [1.82, 2.24) is 4.90 Å². The van der Waals surface area contributed by atoms with Gasteiger partial charge in [-0.2, -0.15) is 0 Å². The third-order valence-corrected chi connectivity index (χ3v) is 3.91. The number of amides is 1. The molecule has 1 aliphatic rings. The first kappa shape index (κ1) is 15.0. The van der Waals surface area contributed by atoms with E-state index in [0.717, 1.165) is 25.1 Å². The van der Waals surface area contributed by atoms with Crippen molar-refractivity contribution < 1.29 is 9.90 Å². The molecule has 4 nitrogen and oxygen atoms in total. The standard InChI is InChI=1S/C16H24N2O2/c1-12-5-6-14(9-13(12)2)17-15(19)10-18-8-4-7-16(3,20)11-18/h5-6,9,20H,4,7-8,10-11H2,1-3H3,(H,17,19). The minimum Gasteiger partial charge on any atom is -0.389 e. The molecule has 1 atom stereocenters. The number of hydrogen-bond acceptors (Lipinski definition) is 3. The number of β-amino-alcohol motifs (C(OH)–C–C–N with tert-alkyl or cyclic N) is 1. The van der Waals surface area contributed by atoms with Crippen LogP contribution in [-0.4, -0.2) is 41.1 Å². The molecule has 0 radical (unpaired) electrons. The molecule has 1 unspecified atom stereocenters. The molecule has 1 aliphatic heterocycles. The molecule has 1 aromatic carbocycles. The fourth-order valence-corrected chi connectivity index (χ4v) is 2.68. The van der Waals surface area contributed by atoms with Crippen LogP contribution in [0.2, 0.25) is 0 Å². The Morgan fingerprint density at radius 3 is 2.80 bits per heavy atom. The highest BCUT2D eigenvalue weighted by atomic mass is 16.3. The Labute approximate surface area is 120 Å². The molecule has 2 rings (SSSR count). The van der Waals surface area contributed by atoms with Crippen LogP contribution in [-0.2, 0) is 4.79 Å². The number of aliphatic hydroxyl groups is 1. The van der Waals surface area contributed by atoms with Crippen molar-refractivity contribution in [2.45, 2.75) is 39.2 Å². The van der Waals surface area contributed by atoms with Crippen LogP contribution < -0.4 is 5.32 Å². The van der Waals surface area contributed by atoms with Gasteiger partial charge in [0.1, 0.15) is 0 Å². The number of nitrogens with zero attached hydrogens (tertiary/aromatic N) is 1. The number of piperidine rings is 1. The van der Waals surface area contributed by atoms with Crippen LogP contribution in [0.25, 0.3) is 0 Å². The Morgan fingerprint density at radius 2 is 2.15 bits per heavy atom. The molecular weight excluding hydrogens is 252 g/mol. The van der Waals surface area contributed by atoms with Gasteiger partial charge in [-0.3, -0.25) is 9.69 Å². The van der Waals surface area contributed by atoms with Crippen LogP contribution in [0.4, 0.5) is 5.69 Å². The van der Waals surface area contributed by atoms with Crippen LogP contribution in [0, 0.1) is 13.8 Å². The fraction of sp³-hybridized carbons (Fsp3) is 0.562. The lowest BCUT2D eigenvalue weighted by Gasteiger charge is -2.36. The van der Waals surface area contributed by atoms with Crippen molar-refractivity contribution in [3.8, 4) is 0 Å². The number of likely N-dealkylation sites (tertiary alicyclic amines) is 1. The Kier molecular flexibility index (Phi) is 4.45. The zero-order valence-electron chi connectivity index (χ0n) is 12.6. The Morgan fingerprint density at radius 1 is 1.40 bits per heavy atom. The van der Waals surface area contributed by atoms with E-state index in [4.69, 9.17) is 0 Å². The summed E-state index contributed by atoms with van der Waals surface area (Å²) >= 11 is 0. The molecular formula is C16H24N2O2. The summed E-state index contributed by atoms with van der Waals surface area (Å²) in [4.78, 5) is 14.1. The van der Waals surface area contributed by atoms with Gasteiger partial charge in [-0.15, -0.1) is 0 Å². The molecule has 0 spiro atoms. The summed E-state index contributed by atoms with van der Waals surface area (Å²) in [6, 6.07) is 5.92. The van der Waals surface area contributed by atoms with Crippen LogP contribution in [0.1, 0.15) is 30.9 Å². The normalized spacial score (nSPS) is 23.6. The van der Waals surface area contributed by atoms with Crippen molar-refractivity contribution in [2.75, 3.05) is 25.0 Å². The molecule has 4 heteroatoms.